The van der Waals surface area contributed by atoms with Crippen molar-refractivity contribution in [2.75, 3.05) is 6.61 Å². The zero-order valence-corrected chi connectivity index (χ0v) is 17.9. The molecule has 0 atom stereocenters. The summed E-state index contributed by atoms with van der Waals surface area (Å²) in [5, 5.41) is 21.1. The summed E-state index contributed by atoms with van der Waals surface area (Å²) in [6.45, 7) is 4.91. The predicted octanol–water partition coefficient (Wildman–Crippen LogP) is 4.38. The molecule has 4 aromatic rings. The number of hydrogen-bond acceptors (Lipinski definition) is 7. The molecule has 4 rings (SSSR count). The Morgan fingerprint density at radius 1 is 1.19 bits per heavy atom. The van der Waals surface area contributed by atoms with Gasteiger partial charge >= 0.3 is 5.63 Å². The number of ether oxygens (including phenoxy) is 1. The van der Waals surface area contributed by atoms with Gasteiger partial charge in [-0.25, -0.2) is 4.79 Å². The van der Waals surface area contributed by atoms with Crippen LogP contribution in [-0.2, 0) is 6.54 Å². The summed E-state index contributed by atoms with van der Waals surface area (Å²) in [7, 11) is 0. The number of aromatic nitrogens is 1. The van der Waals surface area contributed by atoms with Gasteiger partial charge in [-0.05, 0) is 49.7 Å². The van der Waals surface area contributed by atoms with Gasteiger partial charge in [0.1, 0.15) is 5.58 Å². The third kappa shape index (κ3) is 4.29. The van der Waals surface area contributed by atoms with E-state index in [1.54, 1.807) is 30.5 Å². The number of para-hydroxylation sites is 1. The molecule has 0 spiro atoms. The van der Waals surface area contributed by atoms with Crippen LogP contribution >= 0.6 is 11.3 Å². The SMILES string of the molecule is CCOc1cc(/C=N\N=c2\scc(-c3cc4ccccc4oc3=O)n2CC)ccc1O. The van der Waals surface area contributed by atoms with Crippen molar-refractivity contribution in [3.05, 3.63) is 74.7 Å². The van der Waals surface area contributed by atoms with E-state index in [1.165, 1.54) is 11.3 Å². The first-order valence-corrected chi connectivity index (χ1v) is 10.7. The van der Waals surface area contributed by atoms with Crippen molar-refractivity contribution < 1.29 is 14.3 Å². The molecule has 0 radical (unpaired) electrons. The van der Waals surface area contributed by atoms with E-state index >= 15 is 0 Å². The summed E-state index contributed by atoms with van der Waals surface area (Å²) in [4.78, 5) is 13.2. The summed E-state index contributed by atoms with van der Waals surface area (Å²) in [6.07, 6.45) is 1.59. The number of phenols is 1. The van der Waals surface area contributed by atoms with Crippen LogP contribution in [0.25, 0.3) is 22.2 Å². The number of phenolic OH excluding ortho intramolecular Hbond substituents is 1. The minimum Gasteiger partial charge on any atom is -0.504 e. The molecule has 0 bridgehead atoms. The van der Waals surface area contributed by atoms with Gasteiger partial charge in [0.2, 0.25) is 4.80 Å². The average molecular weight is 436 g/mol. The van der Waals surface area contributed by atoms with Crippen LogP contribution in [-0.4, -0.2) is 22.5 Å². The van der Waals surface area contributed by atoms with E-state index in [1.807, 2.05) is 48.1 Å². The quantitative estimate of drug-likeness (QED) is 0.276. The van der Waals surface area contributed by atoms with E-state index in [0.717, 1.165) is 16.6 Å². The van der Waals surface area contributed by atoms with E-state index in [9.17, 15) is 9.90 Å². The van der Waals surface area contributed by atoms with Gasteiger partial charge in [0.15, 0.2) is 11.5 Å². The molecular weight excluding hydrogens is 414 g/mol. The number of aromatic hydroxyl groups is 1. The van der Waals surface area contributed by atoms with Crippen molar-refractivity contribution in [1.29, 1.82) is 0 Å². The summed E-state index contributed by atoms with van der Waals surface area (Å²) in [5.74, 6) is 0.480. The molecule has 0 amide bonds. The summed E-state index contributed by atoms with van der Waals surface area (Å²) in [5.41, 5.74) is 2.15. The van der Waals surface area contributed by atoms with Crippen LogP contribution in [0.5, 0.6) is 11.5 Å². The van der Waals surface area contributed by atoms with Crippen molar-refractivity contribution in [2.24, 2.45) is 10.2 Å². The minimum atomic E-state index is -0.388. The molecule has 0 unspecified atom stereocenters. The number of benzene rings is 2. The lowest BCUT2D eigenvalue weighted by atomic mass is 10.1. The number of thiazole rings is 1. The first kappa shape index (κ1) is 20.6. The van der Waals surface area contributed by atoms with E-state index in [4.69, 9.17) is 9.15 Å². The second-order valence-corrected chi connectivity index (χ2v) is 7.47. The molecule has 8 heteroatoms. The van der Waals surface area contributed by atoms with E-state index in [-0.39, 0.29) is 11.4 Å². The lowest BCUT2D eigenvalue weighted by Crippen LogP contribution is -2.16. The van der Waals surface area contributed by atoms with Gasteiger partial charge in [0, 0.05) is 17.3 Å². The number of fused-ring (bicyclic) bond motifs is 1. The zero-order valence-electron chi connectivity index (χ0n) is 17.1. The van der Waals surface area contributed by atoms with Crippen molar-refractivity contribution in [3.63, 3.8) is 0 Å². The lowest BCUT2D eigenvalue weighted by molar-refractivity contribution is 0.318. The van der Waals surface area contributed by atoms with E-state index in [2.05, 4.69) is 10.2 Å². The Balaban J connectivity index is 1.70. The molecule has 0 saturated heterocycles. The Bertz CT molecular complexity index is 1380. The third-order valence-electron chi connectivity index (χ3n) is 4.67. The minimum absolute atomic E-state index is 0.0804. The van der Waals surface area contributed by atoms with Crippen molar-refractivity contribution in [1.82, 2.24) is 4.57 Å². The van der Waals surface area contributed by atoms with Crippen molar-refractivity contribution in [3.8, 4) is 22.8 Å². The fraction of sp³-hybridized carbons (Fsp3) is 0.174. The topological polar surface area (TPSA) is 89.3 Å². The van der Waals surface area contributed by atoms with Crippen LogP contribution < -0.4 is 15.2 Å². The molecule has 0 aliphatic heterocycles. The standard InChI is InChI=1S/C23H21N3O4S/c1-3-26-18(17-12-16-7-5-6-8-20(16)30-22(17)28)14-31-23(26)25-24-13-15-9-10-19(27)21(11-15)29-4-2/h5-14,27H,3-4H2,1-2H3/b24-13-,25-23+. The Morgan fingerprint density at radius 2 is 2.03 bits per heavy atom. The van der Waals surface area contributed by atoms with E-state index in [0.29, 0.717) is 34.8 Å². The highest BCUT2D eigenvalue weighted by Gasteiger charge is 2.13. The zero-order chi connectivity index (χ0) is 21.8. The van der Waals surface area contributed by atoms with Crippen LogP contribution in [0.15, 0.2) is 73.3 Å². The summed E-state index contributed by atoms with van der Waals surface area (Å²) < 4.78 is 12.8. The second-order valence-electron chi connectivity index (χ2n) is 6.64. The second kappa shape index (κ2) is 9.01. The van der Waals surface area contributed by atoms with E-state index < -0.39 is 0 Å². The number of rotatable bonds is 6. The van der Waals surface area contributed by atoms with Gasteiger partial charge in [-0.15, -0.1) is 16.4 Å². The highest BCUT2D eigenvalue weighted by Crippen LogP contribution is 2.26. The maximum Gasteiger partial charge on any atom is 0.345 e. The fourth-order valence-electron chi connectivity index (χ4n) is 3.20. The Kier molecular flexibility index (Phi) is 5.99. The molecule has 1 N–H and O–H groups in total. The van der Waals surface area contributed by atoms with Crippen molar-refractivity contribution >= 4 is 28.5 Å². The van der Waals surface area contributed by atoms with Gasteiger partial charge in [-0.3, -0.25) is 0 Å². The van der Waals surface area contributed by atoms with Crippen LogP contribution in [0, 0.1) is 0 Å². The fourth-order valence-corrected chi connectivity index (χ4v) is 4.12. The maximum atomic E-state index is 12.6. The molecule has 0 saturated carbocycles. The summed E-state index contributed by atoms with van der Waals surface area (Å²) in [6, 6.07) is 14.3. The molecule has 0 aliphatic carbocycles. The maximum absolute atomic E-state index is 12.6. The van der Waals surface area contributed by atoms with Crippen LogP contribution in [0.1, 0.15) is 19.4 Å². The third-order valence-corrected chi connectivity index (χ3v) is 5.52. The molecule has 7 nitrogen and oxygen atoms in total. The molecular formula is C23H21N3O4S. The highest BCUT2D eigenvalue weighted by molar-refractivity contribution is 7.07. The molecule has 2 aromatic carbocycles. The Hall–Kier alpha value is -3.65. The normalized spacial score (nSPS) is 12.1. The van der Waals surface area contributed by atoms with Gasteiger partial charge in [-0.1, -0.05) is 18.2 Å². The molecule has 2 aromatic heterocycles. The first-order chi connectivity index (χ1) is 15.1. The molecule has 31 heavy (non-hydrogen) atoms. The Labute approximate surface area is 182 Å². The largest absolute Gasteiger partial charge is 0.504 e. The molecule has 2 heterocycles. The number of nitrogens with zero attached hydrogens (tertiary/aromatic N) is 3. The summed E-state index contributed by atoms with van der Waals surface area (Å²) >= 11 is 1.40. The van der Waals surface area contributed by atoms with Crippen LogP contribution in [0.3, 0.4) is 0 Å². The van der Waals surface area contributed by atoms with Gasteiger partial charge in [0.25, 0.3) is 0 Å². The molecule has 0 fully saturated rings. The van der Waals surface area contributed by atoms with Gasteiger partial charge in [0.05, 0.1) is 24.1 Å². The Morgan fingerprint density at radius 3 is 2.84 bits per heavy atom. The monoisotopic (exact) mass is 435 g/mol. The van der Waals surface area contributed by atoms with Gasteiger partial charge < -0.3 is 18.8 Å². The first-order valence-electron chi connectivity index (χ1n) is 9.85. The van der Waals surface area contributed by atoms with Crippen molar-refractivity contribution in [2.45, 2.75) is 20.4 Å². The van der Waals surface area contributed by atoms with Crippen LogP contribution in [0.2, 0.25) is 0 Å². The highest BCUT2D eigenvalue weighted by atomic mass is 32.1. The molecule has 0 aliphatic rings. The van der Waals surface area contributed by atoms with Crippen LogP contribution in [0.4, 0.5) is 0 Å². The molecule has 158 valence electrons. The lowest BCUT2D eigenvalue weighted by Gasteiger charge is -2.06. The average Bonchev–Trinajstić information content (AvgIpc) is 3.18. The van der Waals surface area contributed by atoms with Gasteiger partial charge in [-0.2, -0.15) is 5.10 Å². The predicted molar refractivity (Wildman–Crippen MR) is 122 cm³/mol. The smallest absolute Gasteiger partial charge is 0.345 e. The number of hydrogen-bond donors (Lipinski definition) is 1.